The lowest BCUT2D eigenvalue weighted by atomic mass is 9.92. The average Bonchev–Trinajstić information content (AvgIpc) is 2.49. The van der Waals surface area contributed by atoms with E-state index in [9.17, 15) is 4.79 Å². The summed E-state index contributed by atoms with van der Waals surface area (Å²) in [6.45, 7) is 12.0. The Hall–Kier alpha value is -0.730. The van der Waals surface area contributed by atoms with Crippen LogP contribution in [-0.4, -0.2) is 17.7 Å². The fraction of sp³-hybridized carbons (Fsp3) is 0.947. The summed E-state index contributed by atoms with van der Waals surface area (Å²) >= 11 is 0. The first-order valence-electron chi connectivity index (χ1n) is 9.44. The number of hydrogen-bond donors (Lipinski definition) is 2. The SMILES string of the molecule is CCCCC(C)CCC(C)CCCC.CCCCNC(=O)O. The summed E-state index contributed by atoms with van der Waals surface area (Å²) < 4.78 is 0. The average molecular weight is 316 g/mol. The van der Waals surface area contributed by atoms with E-state index < -0.39 is 6.09 Å². The molecule has 3 nitrogen and oxygen atoms in total. The minimum Gasteiger partial charge on any atom is -0.465 e. The summed E-state index contributed by atoms with van der Waals surface area (Å²) in [6.07, 6.45) is 12.4. The summed E-state index contributed by atoms with van der Waals surface area (Å²) in [5, 5.41) is 10.3. The highest BCUT2D eigenvalue weighted by molar-refractivity contribution is 5.64. The van der Waals surface area contributed by atoms with Crippen molar-refractivity contribution in [3.8, 4) is 0 Å². The van der Waals surface area contributed by atoms with Gasteiger partial charge in [-0.15, -0.1) is 0 Å². The molecule has 2 atom stereocenters. The Morgan fingerprint density at radius 2 is 1.23 bits per heavy atom. The monoisotopic (exact) mass is 315 g/mol. The van der Waals surface area contributed by atoms with Crippen LogP contribution >= 0.6 is 0 Å². The van der Waals surface area contributed by atoms with Crippen molar-refractivity contribution in [2.45, 2.75) is 98.8 Å². The van der Waals surface area contributed by atoms with Crippen molar-refractivity contribution >= 4 is 6.09 Å². The highest BCUT2D eigenvalue weighted by atomic mass is 16.4. The van der Waals surface area contributed by atoms with Crippen LogP contribution in [0.25, 0.3) is 0 Å². The molecule has 0 aromatic carbocycles. The second-order valence-corrected chi connectivity index (χ2v) is 6.66. The molecule has 0 bridgehead atoms. The van der Waals surface area contributed by atoms with Gasteiger partial charge < -0.3 is 10.4 Å². The second-order valence-electron chi connectivity index (χ2n) is 6.66. The van der Waals surface area contributed by atoms with Gasteiger partial charge in [-0.3, -0.25) is 0 Å². The first kappa shape index (κ1) is 23.5. The van der Waals surface area contributed by atoms with Gasteiger partial charge in [0, 0.05) is 6.54 Å². The van der Waals surface area contributed by atoms with E-state index in [0.717, 1.165) is 24.7 Å². The maximum Gasteiger partial charge on any atom is 0.404 e. The van der Waals surface area contributed by atoms with Gasteiger partial charge in [-0.2, -0.15) is 0 Å². The Labute approximate surface area is 139 Å². The minimum absolute atomic E-state index is 0.575. The molecular weight excluding hydrogens is 274 g/mol. The number of unbranched alkanes of at least 4 members (excludes halogenated alkanes) is 3. The highest BCUT2D eigenvalue weighted by Gasteiger charge is 2.05. The molecule has 1 amide bonds. The fourth-order valence-corrected chi connectivity index (χ4v) is 2.33. The maximum absolute atomic E-state index is 9.76. The lowest BCUT2D eigenvalue weighted by molar-refractivity contribution is 0.194. The Kier molecular flexibility index (Phi) is 19.6. The highest BCUT2D eigenvalue weighted by Crippen LogP contribution is 2.20. The predicted molar refractivity (Wildman–Crippen MR) is 97.5 cm³/mol. The molecule has 0 rings (SSSR count). The standard InChI is InChI=1S/C14H30.C5H11NO2/c1-5-7-9-13(3)11-12-14(4)10-8-6-2;1-2-3-4-6-5(7)8/h13-14H,5-12H2,1-4H3;6H,2-4H2,1H3,(H,7,8). The maximum atomic E-state index is 9.76. The van der Waals surface area contributed by atoms with E-state index >= 15 is 0 Å². The minimum atomic E-state index is -0.932. The number of hydrogen-bond acceptors (Lipinski definition) is 1. The van der Waals surface area contributed by atoms with Crippen molar-refractivity contribution < 1.29 is 9.90 Å². The molecule has 3 heteroatoms. The zero-order chi connectivity index (χ0) is 17.2. The number of nitrogens with one attached hydrogen (secondary N) is 1. The van der Waals surface area contributed by atoms with Gasteiger partial charge in [0.2, 0.25) is 0 Å². The van der Waals surface area contributed by atoms with Gasteiger partial charge >= 0.3 is 6.09 Å². The van der Waals surface area contributed by atoms with E-state index in [-0.39, 0.29) is 0 Å². The van der Waals surface area contributed by atoms with E-state index in [1.54, 1.807) is 0 Å². The van der Waals surface area contributed by atoms with Crippen LogP contribution in [0, 0.1) is 11.8 Å². The number of carboxylic acid groups (broad SMARTS) is 1. The molecule has 0 saturated heterocycles. The van der Waals surface area contributed by atoms with Crippen molar-refractivity contribution in [1.29, 1.82) is 0 Å². The third-order valence-corrected chi connectivity index (χ3v) is 4.06. The van der Waals surface area contributed by atoms with Crippen LogP contribution < -0.4 is 5.32 Å². The molecule has 0 aromatic rings. The van der Waals surface area contributed by atoms with Crippen molar-refractivity contribution in [3.63, 3.8) is 0 Å². The summed E-state index contributed by atoms with van der Waals surface area (Å²) in [7, 11) is 0. The third-order valence-electron chi connectivity index (χ3n) is 4.06. The van der Waals surface area contributed by atoms with Gasteiger partial charge in [0.05, 0.1) is 0 Å². The van der Waals surface area contributed by atoms with Gasteiger partial charge in [-0.05, 0) is 18.3 Å². The molecule has 0 saturated carbocycles. The Bertz CT molecular complexity index is 217. The first-order valence-corrected chi connectivity index (χ1v) is 9.44. The van der Waals surface area contributed by atoms with Crippen LogP contribution in [0.15, 0.2) is 0 Å². The van der Waals surface area contributed by atoms with Crippen molar-refractivity contribution in [2.24, 2.45) is 11.8 Å². The molecule has 2 unspecified atom stereocenters. The topological polar surface area (TPSA) is 49.3 Å². The molecule has 0 radical (unpaired) electrons. The number of rotatable bonds is 12. The molecule has 0 aliphatic rings. The molecule has 2 N–H and O–H groups in total. The van der Waals surface area contributed by atoms with Crippen LogP contribution in [0.4, 0.5) is 4.79 Å². The number of amides is 1. The molecule has 0 spiro atoms. The molecule has 22 heavy (non-hydrogen) atoms. The molecular formula is C19H41NO2. The van der Waals surface area contributed by atoms with E-state index in [1.165, 1.54) is 51.4 Å². The van der Waals surface area contributed by atoms with Crippen molar-refractivity contribution in [2.75, 3.05) is 6.54 Å². The molecule has 0 fully saturated rings. The smallest absolute Gasteiger partial charge is 0.404 e. The predicted octanol–water partition coefficient (Wildman–Crippen LogP) is 6.47. The molecule has 134 valence electrons. The molecule has 0 heterocycles. The van der Waals surface area contributed by atoms with Gasteiger partial charge in [0.1, 0.15) is 0 Å². The summed E-state index contributed by atoms with van der Waals surface area (Å²) in [4.78, 5) is 9.76. The van der Waals surface area contributed by atoms with E-state index in [2.05, 4.69) is 33.0 Å². The first-order chi connectivity index (χ1) is 10.5. The van der Waals surface area contributed by atoms with Crippen LogP contribution in [0.1, 0.15) is 98.8 Å². The Morgan fingerprint density at radius 1 is 0.818 bits per heavy atom. The molecule has 0 aliphatic carbocycles. The van der Waals surface area contributed by atoms with E-state index in [1.807, 2.05) is 6.92 Å². The zero-order valence-electron chi connectivity index (χ0n) is 15.8. The Morgan fingerprint density at radius 3 is 1.55 bits per heavy atom. The van der Waals surface area contributed by atoms with Gasteiger partial charge in [-0.1, -0.05) is 92.4 Å². The van der Waals surface area contributed by atoms with Crippen molar-refractivity contribution in [3.05, 3.63) is 0 Å². The second kappa shape index (κ2) is 18.3. The van der Waals surface area contributed by atoms with Crippen LogP contribution in [-0.2, 0) is 0 Å². The van der Waals surface area contributed by atoms with Gasteiger partial charge in [0.15, 0.2) is 0 Å². The van der Waals surface area contributed by atoms with E-state index in [4.69, 9.17) is 5.11 Å². The summed E-state index contributed by atoms with van der Waals surface area (Å²) in [5.74, 6) is 1.91. The van der Waals surface area contributed by atoms with Gasteiger partial charge in [0.25, 0.3) is 0 Å². The van der Waals surface area contributed by atoms with Crippen LogP contribution in [0.2, 0.25) is 0 Å². The lowest BCUT2D eigenvalue weighted by Crippen LogP contribution is -2.21. The Balaban J connectivity index is 0. The van der Waals surface area contributed by atoms with Gasteiger partial charge in [-0.25, -0.2) is 4.79 Å². The number of carbonyl (C=O) groups is 1. The summed E-state index contributed by atoms with van der Waals surface area (Å²) in [6, 6.07) is 0. The molecule has 0 aromatic heterocycles. The van der Waals surface area contributed by atoms with Crippen LogP contribution in [0.3, 0.4) is 0 Å². The quantitative estimate of drug-likeness (QED) is 0.405. The molecule has 0 aliphatic heterocycles. The zero-order valence-corrected chi connectivity index (χ0v) is 15.8. The summed E-state index contributed by atoms with van der Waals surface area (Å²) in [5.41, 5.74) is 0. The largest absolute Gasteiger partial charge is 0.465 e. The lowest BCUT2D eigenvalue weighted by Gasteiger charge is -2.14. The fourth-order valence-electron chi connectivity index (χ4n) is 2.33. The van der Waals surface area contributed by atoms with Crippen molar-refractivity contribution in [1.82, 2.24) is 5.32 Å². The van der Waals surface area contributed by atoms with E-state index in [0.29, 0.717) is 6.54 Å². The normalized spacial score (nSPS) is 13.0. The third kappa shape index (κ3) is 21.6. The van der Waals surface area contributed by atoms with Crippen LogP contribution in [0.5, 0.6) is 0 Å².